The number of hydrogen-bond acceptors (Lipinski definition) is 4. The number of urea groups is 1. The van der Waals surface area contributed by atoms with E-state index in [1.807, 2.05) is 24.3 Å². The number of carbonyl (C=O) groups excluding carboxylic acids is 2. The van der Waals surface area contributed by atoms with Crippen molar-refractivity contribution >= 4 is 35.1 Å². The van der Waals surface area contributed by atoms with Crippen LogP contribution in [0, 0.1) is 0 Å². The first-order valence-electron chi connectivity index (χ1n) is 9.93. The average Bonchev–Trinajstić information content (AvgIpc) is 2.89. The van der Waals surface area contributed by atoms with Gasteiger partial charge in [-0.15, -0.1) is 0 Å². The molecule has 0 aromatic heterocycles. The van der Waals surface area contributed by atoms with Crippen LogP contribution in [-0.4, -0.2) is 41.2 Å². The fraction of sp³-hybridized carbons (Fsp3) is 0.391. The number of benzene rings is 2. The third kappa shape index (κ3) is 4.81. The summed E-state index contributed by atoms with van der Waals surface area (Å²) >= 11 is 12.2. The van der Waals surface area contributed by atoms with Crippen LogP contribution in [0.15, 0.2) is 42.5 Å². The van der Waals surface area contributed by atoms with Crippen molar-refractivity contribution in [2.45, 2.75) is 44.8 Å². The van der Waals surface area contributed by atoms with Crippen LogP contribution in [0.3, 0.4) is 0 Å². The number of rotatable bonds is 6. The van der Waals surface area contributed by atoms with Gasteiger partial charge in [-0.05, 0) is 36.1 Å². The molecular weight excluding hydrogens is 439 g/mol. The Labute approximate surface area is 192 Å². The molecule has 0 bridgehead atoms. The van der Waals surface area contributed by atoms with Crippen molar-refractivity contribution < 1.29 is 19.4 Å². The van der Waals surface area contributed by atoms with Crippen LogP contribution in [0.25, 0.3) is 0 Å². The molecule has 0 spiro atoms. The predicted octanol–water partition coefficient (Wildman–Crippen LogP) is 4.50. The molecule has 166 valence electrons. The summed E-state index contributed by atoms with van der Waals surface area (Å²) in [5, 5.41) is 13.9. The minimum atomic E-state index is -1.35. The second-order valence-corrected chi connectivity index (χ2v) is 9.65. The maximum Gasteiger partial charge on any atom is 0.325 e. The Morgan fingerprint density at radius 2 is 1.84 bits per heavy atom. The number of β-amino-alcohol motifs (C(OH)–C–C–N with tert-alkyl or cyclic N) is 1. The van der Waals surface area contributed by atoms with Gasteiger partial charge in [0.2, 0.25) is 0 Å². The first-order valence-corrected chi connectivity index (χ1v) is 10.7. The molecule has 0 saturated carbocycles. The van der Waals surface area contributed by atoms with Crippen LogP contribution in [0.4, 0.5) is 4.79 Å². The van der Waals surface area contributed by atoms with E-state index in [-0.39, 0.29) is 23.6 Å². The molecule has 2 aromatic carbocycles. The number of carbonyl (C=O) groups is 2. The molecule has 3 rings (SSSR count). The minimum absolute atomic E-state index is 0.0669. The van der Waals surface area contributed by atoms with Crippen LogP contribution in [0.5, 0.6) is 5.75 Å². The lowest BCUT2D eigenvalue weighted by atomic mass is 9.86. The Balaban J connectivity index is 1.71. The zero-order chi connectivity index (χ0) is 23.0. The van der Waals surface area contributed by atoms with E-state index in [1.54, 1.807) is 19.1 Å². The monoisotopic (exact) mass is 464 g/mol. The second kappa shape index (κ2) is 8.69. The number of halogens is 2. The summed E-state index contributed by atoms with van der Waals surface area (Å²) in [6, 6.07) is 11.7. The Bertz CT molecular complexity index is 1010. The van der Waals surface area contributed by atoms with E-state index in [0.29, 0.717) is 16.3 Å². The normalized spacial score (nSPS) is 20.0. The molecule has 2 N–H and O–H groups in total. The highest BCUT2D eigenvalue weighted by Gasteiger charge is 2.50. The molecule has 2 atom stereocenters. The van der Waals surface area contributed by atoms with Gasteiger partial charge in [0, 0.05) is 15.6 Å². The largest absolute Gasteiger partial charge is 0.491 e. The molecule has 0 aliphatic carbocycles. The highest BCUT2D eigenvalue weighted by Crippen LogP contribution is 2.35. The first-order chi connectivity index (χ1) is 14.4. The van der Waals surface area contributed by atoms with Gasteiger partial charge in [-0.3, -0.25) is 9.69 Å². The fourth-order valence-corrected chi connectivity index (χ4v) is 4.20. The zero-order valence-corrected chi connectivity index (χ0v) is 19.4. The number of nitrogens with zero attached hydrogens (tertiary/aromatic N) is 1. The maximum atomic E-state index is 13.1. The lowest BCUT2D eigenvalue weighted by Crippen LogP contribution is -2.43. The molecule has 1 aliphatic rings. The van der Waals surface area contributed by atoms with Crippen molar-refractivity contribution in [3.8, 4) is 5.75 Å². The van der Waals surface area contributed by atoms with Gasteiger partial charge in [-0.1, -0.05) is 68.2 Å². The zero-order valence-electron chi connectivity index (χ0n) is 17.9. The molecule has 1 saturated heterocycles. The summed E-state index contributed by atoms with van der Waals surface area (Å²) in [7, 11) is 0. The van der Waals surface area contributed by atoms with Crippen molar-refractivity contribution in [2.75, 3.05) is 13.2 Å². The van der Waals surface area contributed by atoms with Gasteiger partial charge in [-0.2, -0.15) is 0 Å². The fourth-order valence-electron chi connectivity index (χ4n) is 3.60. The van der Waals surface area contributed by atoms with E-state index in [0.717, 1.165) is 10.5 Å². The summed E-state index contributed by atoms with van der Waals surface area (Å²) in [4.78, 5) is 26.6. The summed E-state index contributed by atoms with van der Waals surface area (Å²) < 4.78 is 5.82. The van der Waals surface area contributed by atoms with E-state index in [4.69, 9.17) is 27.9 Å². The van der Waals surface area contributed by atoms with E-state index >= 15 is 0 Å². The van der Waals surface area contributed by atoms with Crippen LogP contribution in [-0.2, 0) is 15.7 Å². The van der Waals surface area contributed by atoms with Crippen molar-refractivity contribution in [3.05, 3.63) is 63.6 Å². The van der Waals surface area contributed by atoms with Gasteiger partial charge < -0.3 is 15.2 Å². The number of hydrogen-bond donors (Lipinski definition) is 2. The Morgan fingerprint density at radius 1 is 1.16 bits per heavy atom. The molecule has 1 aliphatic heterocycles. The van der Waals surface area contributed by atoms with E-state index in [9.17, 15) is 14.7 Å². The topological polar surface area (TPSA) is 78.9 Å². The summed E-state index contributed by atoms with van der Waals surface area (Å²) in [6.45, 7) is 7.52. The highest BCUT2D eigenvalue weighted by molar-refractivity contribution is 6.35. The van der Waals surface area contributed by atoms with Crippen molar-refractivity contribution in [2.24, 2.45) is 0 Å². The molecule has 0 radical (unpaired) electrons. The van der Waals surface area contributed by atoms with Gasteiger partial charge >= 0.3 is 6.03 Å². The SMILES string of the molecule is CC(C)(C)c1ccccc1OCC(O)CN1C(=O)NC(C)(c2ccc(Cl)cc2Cl)C1=O. The van der Waals surface area contributed by atoms with Gasteiger partial charge in [0.05, 0.1) is 6.54 Å². The number of aliphatic hydroxyl groups excluding tert-OH is 1. The Morgan fingerprint density at radius 3 is 2.48 bits per heavy atom. The number of imide groups is 1. The predicted molar refractivity (Wildman–Crippen MR) is 121 cm³/mol. The molecule has 31 heavy (non-hydrogen) atoms. The lowest BCUT2D eigenvalue weighted by molar-refractivity contribution is -0.132. The van der Waals surface area contributed by atoms with Crippen molar-refractivity contribution in [1.29, 1.82) is 0 Å². The summed E-state index contributed by atoms with van der Waals surface area (Å²) in [5.41, 5.74) is -0.0455. The molecule has 1 heterocycles. The standard InChI is InChI=1S/C23H26Cl2N2O4/c1-22(2,3)17-7-5-6-8-19(17)31-13-15(28)12-27-20(29)23(4,26-21(27)30)16-10-9-14(24)11-18(16)25/h5-11,15,28H,12-13H2,1-4H3,(H,26,30). The van der Waals surface area contributed by atoms with Gasteiger partial charge in [0.1, 0.15) is 24.0 Å². The average molecular weight is 465 g/mol. The van der Waals surface area contributed by atoms with Crippen LogP contribution >= 0.6 is 23.2 Å². The smallest absolute Gasteiger partial charge is 0.325 e. The Kier molecular flexibility index (Phi) is 6.56. The van der Waals surface area contributed by atoms with Crippen molar-refractivity contribution in [3.63, 3.8) is 0 Å². The van der Waals surface area contributed by atoms with E-state index in [1.165, 1.54) is 6.07 Å². The molecular formula is C23H26Cl2N2O4. The van der Waals surface area contributed by atoms with Gasteiger partial charge in [0.15, 0.2) is 0 Å². The maximum absolute atomic E-state index is 13.1. The van der Waals surface area contributed by atoms with Crippen molar-refractivity contribution in [1.82, 2.24) is 10.2 Å². The highest BCUT2D eigenvalue weighted by atomic mass is 35.5. The van der Waals surface area contributed by atoms with Gasteiger partial charge in [0.25, 0.3) is 5.91 Å². The number of amides is 3. The van der Waals surface area contributed by atoms with E-state index in [2.05, 4.69) is 26.1 Å². The number of nitrogens with one attached hydrogen (secondary N) is 1. The lowest BCUT2D eigenvalue weighted by Gasteiger charge is -2.25. The molecule has 8 heteroatoms. The molecule has 3 amide bonds. The number of ether oxygens (including phenoxy) is 1. The first kappa shape index (κ1) is 23.4. The molecule has 1 fully saturated rings. The third-order valence-corrected chi connectivity index (χ3v) is 5.81. The quantitative estimate of drug-likeness (QED) is 0.616. The minimum Gasteiger partial charge on any atom is -0.491 e. The van der Waals surface area contributed by atoms with Gasteiger partial charge in [-0.25, -0.2) is 4.79 Å². The summed E-state index contributed by atoms with van der Waals surface area (Å²) in [6.07, 6.45) is -1.06. The van der Waals surface area contributed by atoms with Crippen LogP contribution < -0.4 is 10.1 Å². The van der Waals surface area contributed by atoms with Crippen LogP contribution in [0.2, 0.25) is 10.0 Å². The molecule has 6 nitrogen and oxygen atoms in total. The van der Waals surface area contributed by atoms with E-state index < -0.39 is 23.6 Å². The molecule has 2 unspecified atom stereocenters. The number of para-hydroxylation sites is 1. The third-order valence-electron chi connectivity index (χ3n) is 5.26. The van der Waals surface area contributed by atoms with Crippen LogP contribution in [0.1, 0.15) is 38.8 Å². The second-order valence-electron chi connectivity index (χ2n) is 8.81. The summed E-state index contributed by atoms with van der Waals surface area (Å²) in [5.74, 6) is 0.153. The molecule has 2 aromatic rings. The number of aliphatic hydroxyl groups is 1. The Hall–Kier alpha value is -2.28.